The number of hydrogen-bond acceptors (Lipinski definition) is 4. The molecule has 0 aliphatic carbocycles. The minimum Gasteiger partial charge on any atom is -0.295 e. The van der Waals surface area contributed by atoms with Crippen LogP contribution in [-0.2, 0) is 0 Å². The van der Waals surface area contributed by atoms with Gasteiger partial charge in [0.1, 0.15) is 0 Å². The molecule has 3 aromatic rings. The van der Waals surface area contributed by atoms with Gasteiger partial charge in [-0.2, -0.15) is 5.10 Å². The molecule has 7 nitrogen and oxygen atoms in total. The highest BCUT2D eigenvalue weighted by Gasteiger charge is 2.11. The Kier molecular flexibility index (Phi) is 4.79. The van der Waals surface area contributed by atoms with Crippen LogP contribution >= 0.6 is 0 Å². The molecular weight excluding hydrogens is 330 g/mol. The second-order valence-corrected chi connectivity index (χ2v) is 6.00. The van der Waals surface area contributed by atoms with Crippen molar-refractivity contribution in [1.82, 2.24) is 20.2 Å². The Morgan fingerprint density at radius 1 is 1.23 bits per heavy atom. The number of aromatic amines is 1. The van der Waals surface area contributed by atoms with Crippen LogP contribution in [0.1, 0.15) is 32.7 Å². The molecule has 7 heteroatoms. The molecule has 0 aliphatic heterocycles. The van der Waals surface area contributed by atoms with E-state index in [0.717, 1.165) is 16.8 Å². The van der Waals surface area contributed by atoms with Crippen molar-refractivity contribution in [3.05, 3.63) is 81.0 Å². The van der Waals surface area contributed by atoms with Crippen molar-refractivity contribution in [2.45, 2.75) is 20.8 Å². The monoisotopic (exact) mass is 349 g/mol. The molecule has 0 fully saturated rings. The number of aromatic nitrogens is 3. The Hall–Kier alpha value is -3.48. The van der Waals surface area contributed by atoms with E-state index in [1.807, 2.05) is 32.0 Å². The van der Waals surface area contributed by atoms with E-state index >= 15 is 0 Å². The summed E-state index contributed by atoms with van der Waals surface area (Å²) in [5, 5.41) is 6.93. The smallest absolute Gasteiger partial charge is 0.280 e. The number of carbonyl (C=O) groups excluding carboxylic acids is 1. The molecule has 2 N–H and O–H groups in total. The molecule has 1 aromatic carbocycles. The van der Waals surface area contributed by atoms with Crippen molar-refractivity contribution >= 4 is 12.1 Å². The van der Waals surface area contributed by atoms with Crippen molar-refractivity contribution in [1.29, 1.82) is 0 Å². The number of hydrogen-bond donors (Lipinski definition) is 2. The van der Waals surface area contributed by atoms with Crippen molar-refractivity contribution < 1.29 is 4.79 Å². The predicted molar refractivity (Wildman–Crippen MR) is 99.9 cm³/mol. The van der Waals surface area contributed by atoms with E-state index in [1.165, 1.54) is 17.1 Å². The zero-order valence-corrected chi connectivity index (χ0v) is 14.8. The normalized spacial score (nSPS) is 11.0. The van der Waals surface area contributed by atoms with E-state index in [9.17, 15) is 9.59 Å². The van der Waals surface area contributed by atoms with Crippen LogP contribution in [0.3, 0.4) is 0 Å². The molecular formula is C19H19N5O2. The van der Waals surface area contributed by atoms with E-state index in [1.54, 1.807) is 25.3 Å². The Labute approximate surface area is 150 Å². The highest BCUT2D eigenvalue weighted by atomic mass is 16.2. The fourth-order valence-electron chi connectivity index (χ4n) is 2.48. The summed E-state index contributed by atoms with van der Waals surface area (Å²) >= 11 is 0. The Morgan fingerprint density at radius 2 is 2.04 bits per heavy atom. The Bertz CT molecular complexity index is 1030. The van der Waals surface area contributed by atoms with Crippen LogP contribution in [0.15, 0.2) is 52.6 Å². The lowest BCUT2D eigenvalue weighted by molar-refractivity contribution is 0.0955. The lowest BCUT2D eigenvalue weighted by Gasteiger charge is -2.05. The molecule has 0 spiro atoms. The van der Waals surface area contributed by atoms with E-state index in [4.69, 9.17) is 0 Å². The maximum Gasteiger partial charge on any atom is 0.280 e. The first-order valence-corrected chi connectivity index (χ1v) is 8.10. The average molecular weight is 349 g/mol. The van der Waals surface area contributed by atoms with Crippen molar-refractivity contribution in [2.24, 2.45) is 5.10 Å². The van der Waals surface area contributed by atoms with E-state index in [2.05, 4.69) is 20.6 Å². The van der Waals surface area contributed by atoms with Gasteiger partial charge in [-0.15, -0.1) is 0 Å². The van der Waals surface area contributed by atoms with E-state index < -0.39 is 5.91 Å². The fourth-order valence-corrected chi connectivity index (χ4v) is 2.48. The minimum absolute atomic E-state index is 0.231. The maximum atomic E-state index is 12.6. The third-order valence-corrected chi connectivity index (χ3v) is 4.15. The summed E-state index contributed by atoms with van der Waals surface area (Å²) in [7, 11) is 0. The van der Waals surface area contributed by atoms with Gasteiger partial charge in [0.05, 0.1) is 23.0 Å². The largest absolute Gasteiger partial charge is 0.295 e. The number of H-pyrrole nitrogens is 1. The van der Waals surface area contributed by atoms with Gasteiger partial charge in [0.25, 0.3) is 11.5 Å². The molecule has 0 bridgehead atoms. The number of carbonyl (C=O) groups is 1. The van der Waals surface area contributed by atoms with Gasteiger partial charge in [-0.05, 0) is 56.2 Å². The van der Waals surface area contributed by atoms with Crippen molar-refractivity contribution in [3.63, 3.8) is 0 Å². The van der Waals surface area contributed by atoms with Crippen molar-refractivity contribution in [2.75, 3.05) is 0 Å². The van der Waals surface area contributed by atoms with Crippen LogP contribution in [0.4, 0.5) is 0 Å². The highest BCUT2D eigenvalue weighted by Crippen LogP contribution is 2.12. The molecule has 3 rings (SSSR count). The number of rotatable bonds is 4. The second-order valence-electron chi connectivity index (χ2n) is 6.00. The molecule has 132 valence electrons. The van der Waals surface area contributed by atoms with Gasteiger partial charge in [0, 0.05) is 18.1 Å². The molecule has 0 unspecified atom stereocenters. The molecule has 0 atom stereocenters. The maximum absolute atomic E-state index is 12.6. The van der Waals surface area contributed by atoms with Crippen LogP contribution in [0.25, 0.3) is 5.69 Å². The molecule has 0 radical (unpaired) electrons. The number of hydrazone groups is 1. The first kappa shape index (κ1) is 17.3. The number of pyridine rings is 1. The van der Waals surface area contributed by atoms with Gasteiger partial charge in [0.2, 0.25) is 0 Å². The second kappa shape index (κ2) is 7.18. The number of aryl methyl sites for hydroxylation is 3. The first-order chi connectivity index (χ1) is 12.5. The van der Waals surface area contributed by atoms with Crippen LogP contribution in [0.5, 0.6) is 0 Å². The lowest BCUT2D eigenvalue weighted by Crippen LogP contribution is -2.20. The van der Waals surface area contributed by atoms with Gasteiger partial charge in [-0.3, -0.25) is 19.7 Å². The lowest BCUT2D eigenvalue weighted by atomic mass is 10.1. The van der Waals surface area contributed by atoms with E-state index in [-0.39, 0.29) is 5.56 Å². The molecule has 26 heavy (non-hydrogen) atoms. The summed E-state index contributed by atoms with van der Waals surface area (Å²) in [5.74, 6) is -0.392. The SMILES string of the molecule is Cc1ccc(-n2[nH]c(C)c(/C=N/NC(=O)c3cccnc3)c2=O)cc1C. The molecule has 2 aromatic heterocycles. The number of nitrogens with zero attached hydrogens (tertiary/aromatic N) is 3. The quantitative estimate of drug-likeness (QED) is 0.559. The number of nitrogens with one attached hydrogen (secondary N) is 2. The van der Waals surface area contributed by atoms with Crippen LogP contribution in [0.2, 0.25) is 0 Å². The zero-order chi connectivity index (χ0) is 18.7. The number of amides is 1. The Balaban J connectivity index is 1.83. The Morgan fingerprint density at radius 3 is 2.73 bits per heavy atom. The third kappa shape index (κ3) is 3.46. The molecule has 0 aliphatic rings. The standard InChI is InChI=1S/C19H19N5O2/c1-12-6-7-16(9-13(12)2)24-19(26)17(14(3)23-24)11-21-22-18(25)15-5-4-8-20-10-15/h4-11,23H,1-3H3,(H,22,25)/b21-11+. The molecule has 0 saturated carbocycles. The molecule has 1 amide bonds. The van der Waals surface area contributed by atoms with Gasteiger partial charge < -0.3 is 0 Å². The minimum atomic E-state index is -0.392. The van der Waals surface area contributed by atoms with Gasteiger partial charge in [0.15, 0.2) is 0 Å². The summed E-state index contributed by atoms with van der Waals surface area (Å²) in [4.78, 5) is 28.5. The van der Waals surface area contributed by atoms with Gasteiger partial charge >= 0.3 is 0 Å². The average Bonchev–Trinajstić information content (AvgIpc) is 2.93. The predicted octanol–water partition coefficient (Wildman–Crippen LogP) is 2.25. The fraction of sp³-hybridized carbons (Fsp3) is 0.158. The highest BCUT2D eigenvalue weighted by molar-refractivity contribution is 5.94. The number of benzene rings is 1. The first-order valence-electron chi connectivity index (χ1n) is 8.10. The summed E-state index contributed by atoms with van der Waals surface area (Å²) < 4.78 is 1.46. The zero-order valence-electron chi connectivity index (χ0n) is 14.8. The third-order valence-electron chi connectivity index (χ3n) is 4.15. The van der Waals surface area contributed by atoms with Crippen LogP contribution in [0, 0.1) is 20.8 Å². The van der Waals surface area contributed by atoms with Gasteiger partial charge in [-0.1, -0.05) is 6.07 Å². The van der Waals surface area contributed by atoms with Gasteiger partial charge in [-0.25, -0.2) is 10.1 Å². The van der Waals surface area contributed by atoms with Crippen LogP contribution in [-0.4, -0.2) is 26.9 Å². The topological polar surface area (TPSA) is 92.1 Å². The summed E-state index contributed by atoms with van der Waals surface area (Å²) in [5.41, 5.74) is 6.61. The van der Waals surface area contributed by atoms with E-state index in [0.29, 0.717) is 16.8 Å². The summed E-state index contributed by atoms with van der Waals surface area (Å²) in [6.45, 7) is 5.80. The summed E-state index contributed by atoms with van der Waals surface area (Å²) in [6.07, 6.45) is 4.37. The summed E-state index contributed by atoms with van der Waals surface area (Å²) in [6, 6.07) is 9.08. The van der Waals surface area contributed by atoms with Crippen LogP contribution < -0.4 is 11.0 Å². The molecule has 2 heterocycles. The molecule has 0 saturated heterocycles. The van der Waals surface area contributed by atoms with Crippen molar-refractivity contribution in [3.8, 4) is 5.69 Å².